The van der Waals surface area contributed by atoms with Gasteiger partial charge in [-0.05, 0) is 0 Å². The Bertz CT molecular complexity index is 356. The maximum Gasteiger partial charge on any atom is 0.160 e. The second-order valence-electron chi connectivity index (χ2n) is 5.35. The molecule has 9 nitrogen and oxygen atoms in total. The lowest BCUT2D eigenvalue weighted by Crippen LogP contribution is -2.47. The Hall–Kier alpha value is -1.00. The summed E-state index contributed by atoms with van der Waals surface area (Å²) in [5, 5.41) is 24.5. The zero-order valence-corrected chi connectivity index (χ0v) is 11.5. The first-order chi connectivity index (χ1) is 10.2. The summed E-state index contributed by atoms with van der Waals surface area (Å²) in [6.45, 7) is -0.0851. The summed E-state index contributed by atoms with van der Waals surface area (Å²) < 4.78 is 16.5. The Morgan fingerprint density at radius 1 is 1.24 bits per heavy atom. The third kappa shape index (κ3) is 4.48. The van der Waals surface area contributed by atoms with Crippen molar-refractivity contribution < 1.29 is 24.4 Å². The van der Waals surface area contributed by atoms with Gasteiger partial charge in [-0.25, -0.2) is 0 Å². The molecule has 2 rings (SSSR count). The summed E-state index contributed by atoms with van der Waals surface area (Å²) in [4.78, 5) is 21.0. The molecule has 2 aliphatic heterocycles. The zero-order chi connectivity index (χ0) is 15.2. The maximum atomic E-state index is 10.7. The van der Waals surface area contributed by atoms with Gasteiger partial charge in [0.05, 0.1) is 37.6 Å². The predicted molar refractivity (Wildman–Crippen MR) is 70.5 cm³/mol. The standard InChI is InChI=1S/C12H20N2O7/c15-5-11-10(16)3-9(6-19-11)21-12-2-7(14-18)1-8(20-12)4-13-17/h7-12,15-16H,1-6H2/t7-,8-,9-,10+,11-,12-/m1/s1. The van der Waals surface area contributed by atoms with Crippen molar-refractivity contribution in [1.29, 1.82) is 0 Å². The van der Waals surface area contributed by atoms with Crippen molar-refractivity contribution in [2.45, 2.75) is 56.0 Å². The van der Waals surface area contributed by atoms with Crippen LogP contribution in [0, 0.1) is 9.81 Å². The van der Waals surface area contributed by atoms with E-state index in [1.807, 2.05) is 0 Å². The van der Waals surface area contributed by atoms with Crippen LogP contribution in [0.3, 0.4) is 0 Å². The van der Waals surface area contributed by atoms with Crippen molar-refractivity contribution in [3.63, 3.8) is 0 Å². The maximum absolute atomic E-state index is 10.7. The van der Waals surface area contributed by atoms with Gasteiger partial charge in [0.15, 0.2) is 6.29 Å². The van der Waals surface area contributed by atoms with Crippen LogP contribution in [0.5, 0.6) is 0 Å². The summed E-state index contributed by atoms with van der Waals surface area (Å²) in [5.74, 6) is 0. The Morgan fingerprint density at radius 2 is 2.05 bits per heavy atom. The summed E-state index contributed by atoms with van der Waals surface area (Å²) in [6.07, 6.45) is -2.02. The molecule has 0 unspecified atom stereocenters. The van der Waals surface area contributed by atoms with Crippen LogP contribution in [0.2, 0.25) is 0 Å². The molecule has 0 aromatic heterocycles. The normalized spacial score (nSPS) is 40.7. The average Bonchev–Trinajstić information content (AvgIpc) is 2.47. The van der Waals surface area contributed by atoms with E-state index in [9.17, 15) is 14.9 Å². The molecule has 9 heteroatoms. The van der Waals surface area contributed by atoms with Crippen molar-refractivity contribution in [2.24, 2.45) is 10.4 Å². The van der Waals surface area contributed by atoms with Crippen LogP contribution < -0.4 is 0 Å². The van der Waals surface area contributed by atoms with E-state index in [1.54, 1.807) is 0 Å². The van der Waals surface area contributed by atoms with Gasteiger partial charge < -0.3 is 24.4 Å². The molecule has 0 saturated carbocycles. The van der Waals surface area contributed by atoms with Gasteiger partial charge in [0.25, 0.3) is 0 Å². The van der Waals surface area contributed by atoms with Crippen LogP contribution in [0.1, 0.15) is 19.3 Å². The summed E-state index contributed by atoms with van der Waals surface area (Å²) >= 11 is 0. The second-order valence-corrected chi connectivity index (χ2v) is 5.35. The minimum atomic E-state index is -0.815. The molecule has 0 aromatic rings. The summed E-state index contributed by atoms with van der Waals surface area (Å²) in [5.41, 5.74) is 0. The topological polar surface area (TPSA) is 127 Å². The lowest BCUT2D eigenvalue weighted by Gasteiger charge is -2.37. The third-order valence-electron chi connectivity index (χ3n) is 3.72. The van der Waals surface area contributed by atoms with E-state index in [1.165, 1.54) is 0 Å². The first-order valence-corrected chi connectivity index (χ1v) is 6.99. The minimum absolute atomic E-state index is 0.0533. The number of aliphatic hydroxyl groups is 2. The number of hydrogen-bond donors (Lipinski definition) is 2. The smallest absolute Gasteiger partial charge is 0.160 e. The van der Waals surface area contributed by atoms with Crippen molar-refractivity contribution in [3.8, 4) is 0 Å². The minimum Gasteiger partial charge on any atom is -0.394 e. The molecule has 0 bridgehead atoms. The van der Waals surface area contributed by atoms with E-state index >= 15 is 0 Å². The monoisotopic (exact) mass is 304 g/mol. The Morgan fingerprint density at radius 3 is 2.67 bits per heavy atom. The molecule has 0 aliphatic carbocycles. The highest BCUT2D eigenvalue weighted by Crippen LogP contribution is 2.26. The van der Waals surface area contributed by atoms with Crippen LogP contribution in [-0.4, -0.2) is 66.7 Å². The number of ether oxygens (including phenoxy) is 3. The Balaban J connectivity index is 1.86. The highest BCUT2D eigenvalue weighted by atomic mass is 16.7. The van der Waals surface area contributed by atoms with E-state index in [0.717, 1.165) is 0 Å². The number of nitrogens with zero attached hydrogens (tertiary/aromatic N) is 2. The van der Waals surface area contributed by atoms with Crippen molar-refractivity contribution in [1.82, 2.24) is 0 Å². The molecule has 0 radical (unpaired) electrons. The lowest BCUT2D eigenvalue weighted by molar-refractivity contribution is -0.246. The fourth-order valence-electron chi connectivity index (χ4n) is 2.64. The van der Waals surface area contributed by atoms with Crippen LogP contribution in [0.15, 0.2) is 10.4 Å². The highest BCUT2D eigenvalue weighted by molar-refractivity contribution is 4.83. The summed E-state index contributed by atoms with van der Waals surface area (Å²) in [6, 6.07) is -0.477. The van der Waals surface area contributed by atoms with Crippen LogP contribution >= 0.6 is 0 Å². The number of rotatable bonds is 6. The largest absolute Gasteiger partial charge is 0.394 e. The van der Waals surface area contributed by atoms with E-state index < -0.39 is 36.7 Å². The molecular weight excluding hydrogens is 284 g/mol. The van der Waals surface area contributed by atoms with Crippen LogP contribution in [-0.2, 0) is 14.2 Å². The number of aliphatic hydroxyl groups excluding tert-OH is 2. The molecule has 6 atom stereocenters. The summed E-state index contributed by atoms with van der Waals surface area (Å²) in [7, 11) is 0. The molecule has 0 aromatic carbocycles. The van der Waals surface area contributed by atoms with Crippen LogP contribution in [0.25, 0.3) is 0 Å². The van der Waals surface area contributed by atoms with E-state index in [4.69, 9.17) is 19.3 Å². The molecule has 2 N–H and O–H groups in total. The van der Waals surface area contributed by atoms with Crippen molar-refractivity contribution in [2.75, 3.05) is 19.8 Å². The molecule has 120 valence electrons. The predicted octanol–water partition coefficient (Wildman–Crippen LogP) is -0.0798. The van der Waals surface area contributed by atoms with E-state index in [0.29, 0.717) is 19.3 Å². The Labute approximate surface area is 121 Å². The zero-order valence-electron chi connectivity index (χ0n) is 11.5. The van der Waals surface area contributed by atoms with Gasteiger partial charge in [-0.15, -0.1) is 0 Å². The Kier molecular flexibility index (Phi) is 6.12. The third-order valence-corrected chi connectivity index (χ3v) is 3.72. The molecule has 21 heavy (non-hydrogen) atoms. The molecule has 0 amide bonds. The molecule has 2 heterocycles. The van der Waals surface area contributed by atoms with Gasteiger partial charge >= 0.3 is 0 Å². The lowest BCUT2D eigenvalue weighted by atomic mass is 10.0. The van der Waals surface area contributed by atoms with E-state index in [2.05, 4.69) is 10.4 Å². The number of hydrogen-bond acceptors (Lipinski definition) is 9. The molecule has 2 aliphatic rings. The van der Waals surface area contributed by atoms with E-state index in [-0.39, 0.29) is 19.8 Å². The number of nitroso groups, excluding NO2 is 2. The van der Waals surface area contributed by atoms with Gasteiger partial charge in [-0.3, -0.25) is 0 Å². The quantitative estimate of drug-likeness (QED) is 0.657. The van der Waals surface area contributed by atoms with Crippen LogP contribution in [0.4, 0.5) is 0 Å². The van der Waals surface area contributed by atoms with Gasteiger partial charge in [-0.2, -0.15) is 9.81 Å². The van der Waals surface area contributed by atoms with Gasteiger partial charge in [0.1, 0.15) is 12.6 Å². The van der Waals surface area contributed by atoms with Crippen molar-refractivity contribution in [3.05, 3.63) is 9.81 Å². The molecule has 2 fully saturated rings. The van der Waals surface area contributed by atoms with Gasteiger partial charge in [0, 0.05) is 19.3 Å². The first-order valence-electron chi connectivity index (χ1n) is 6.99. The average molecular weight is 304 g/mol. The molecular formula is C12H20N2O7. The van der Waals surface area contributed by atoms with Gasteiger partial charge in [0.2, 0.25) is 0 Å². The fourth-order valence-corrected chi connectivity index (χ4v) is 2.64. The van der Waals surface area contributed by atoms with Gasteiger partial charge in [-0.1, -0.05) is 10.4 Å². The molecule has 2 saturated heterocycles. The first kappa shape index (κ1) is 16.4. The second kappa shape index (κ2) is 7.85. The highest BCUT2D eigenvalue weighted by Gasteiger charge is 2.36. The fraction of sp³-hybridized carbons (Fsp3) is 1.00. The van der Waals surface area contributed by atoms with Crippen molar-refractivity contribution >= 4 is 0 Å². The molecule has 0 spiro atoms. The SMILES string of the molecule is O=NC[C@H]1C[C@@H](N=O)C[C@@H](O[C@H]2CO[C@H](CO)[C@@H](O)C2)O1.